The molecule has 0 saturated carbocycles. The molecule has 4 nitrogen and oxygen atoms in total. The quantitative estimate of drug-likeness (QED) is 0.885. The first-order chi connectivity index (χ1) is 10.6. The van der Waals surface area contributed by atoms with Gasteiger partial charge in [-0.15, -0.1) is 0 Å². The van der Waals surface area contributed by atoms with E-state index in [-0.39, 0.29) is 11.8 Å². The van der Waals surface area contributed by atoms with Crippen molar-refractivity contribution < 1.29 is 5.11 Å². The smallest absolute Gasteiger partial charge is 0.182 e. The summed E-state index contributed by atoms with van der Waals surface area (Å²) < 4.78 is 1.75. The molecule has 0 radical (unpaired) electrons. The van der Waals surface area contributed by atoms with E-state index in [0.717, 1.165) is 17.0 Å². The van der Waals surface area contributed by atoms with Crippen LogP contribution in [0.4, 0.5) is 0 Å². The molecule has 4 heteroatoms. The Morgan fingerprint density at radius 3 is 2.04 bits per heavy atom. The normalized spacial score (nSPS) is 14.3. The molecule has 2 aromatic rings. The molecule has 0 saturated heterocycles. The fraction of sp³-hybridized carbons (Fsp3) is 0.474. The molecule has 0 fully saturated rings. The monoisotopic (exact) mass is 311 g/mol. The minimum absolute atomic E-state index is 0.0407. The number of benzene rings is 1. The molecule has 1 aromatic carbocycles. The second-order valence-electron chi connectivity index (χ2n) is 7.26. The van der Waals surface area contributed by atoms with Crippen molar-refractivity contribution in [3.05, 3.63) is 52.3 Å². The van der Waals surface area contributed by atoms with Crippen LogP contribution in [0.5, 0.6) is 0 Å². The Balaban J connectivity index is 2.39. The standard InChI is InChI=1S/C19H25N3O/c1-13-14(2)21-22(6)17(13)11-19(23,12-20)16-9-7-15(8-10-16)18(3,4)5/h7-10,23H,11H2,1-6H3. The zero-order valence-corrected chi connectivity index (χ0v) is 14.8. The molecule has 0 aliphatic rings. The van der Waals surface area contributed by atoms with Crippen molar-refractivity contribution in [1.82, 2.24) is 9.78 Å². The van der Waals surface area contributed by atoms with Crippen LogP contribution in [0.3, 0.4) is 0 Å². The van der Waals surface area contributed by atoms with Crippen LogP contribution in [0.1, 0.15) is 48.8 Å². The Morgan fingerprint density at radius 1 is 1.13 bits per heavy atom. The molecule has 23 heavy (non-hydrogen) atoms. The van der Waals surface area contributed by atoms with E-state index in [0.29, 0.717) is 5.56 Å². The number of rotatable bonds is 3. The highest BCUT2D eigenvalue weighted by atomic mass is 16.3. The van der Waals surface area contributed by atoms with Crippen LogP contribution in [0, 0.1) is 25.2 Å². The van der Waals surface area contributed by atoms with Crippen molar-refractivity contribution >= 4 is 0 Å². The molecule has 0 aliphatic carbocycles. The third kappa shape index (κ3) is 3.30. The number of nitrogens with zero attached hydrogens (tertiary/aromatic N) is 3. The Morgan fingerprint density at radius 2 is 1.65 bits per heavy atom. The summed E-state index contributed by atoms with van der Waals surface area (Å²) in [6.07, 6.45) is 0.224. The van der Waals surface area contributed by atoms with Gasteiger partial charge >= 0.3 is 0 Å². The summed E-state index contributed by atoms with van der Waals surface area (Å²) in [6, 6.07) is 9.75. The summed E-state index contributed by atoms with van der Waals surface area (Å²) in [7, 11) is 1.84. The van der Waals surface area contributed by atoms with Crippen LogP contribution in [0.25, 0.3) is 0 Å². The maximum Gasteiger partial charge on any atom is 0.182 e. The molecule has 1 heterocycles. The van der Waals surface area contributed by atoms with Crippen LogP contribution in [-0.2, 0) is 24.5 Å². The van der Waals surface area contributed by atoms with Gasteiger partial charge in [-0.2, -0.15) is 10.4 Å². The molecular formula is C19H25N3O. The lowest BCUT2D eigenvalue weighted by Crippen LogP contribution is -2.28. The van der Waals surface area contributed by atoms with Gasteiger partial charge in [-0.25, -0.2) is 0 Å². The predicted octanol–water partition coefficient (Wildman–Crippen LogP) is 3.29. The lowest BCUT2D eigenvalue weighted by atomic mass is 9.83. The van der Waals surface area contributed by atoms with Crippen molar-refractivity contribution in [2.75, 3.05) is 0 Å². The first-order valence-electron chi connectivity index (χ1n) is 7.82. The predicted molar refractivity (Wildman–Crippen MR) is 91.0 cm³/mol. The second-order valence-corrected chi connectivity index (χ2v) is 7.26. The average Bonchev–Trinajstić information content (AvgIpc) is 2.73. The Hall–Kier alpha value is -2.12. The fourth-order valence-corrected chi connectivity index (χ4v) is 2.75. The Labute approximate surface area is 138 Å². The highest BCUT2D eigenvalue weighted by Crippen LogP contribution is 2.30. The molecule has 0 amide bonds. The van der Waals surface area contributed by atoms with Crippen molar-refractivity contribution in [2.24, 2.45) is 7.05 Å². The van der Waals surface area contributed by atoms with Gasteiger partial charge in [0.25, 0.3) is 0 Å². The Kier molecular flexibility index (Phi) is 4.37. The molecule has 2 rings (SSSR count). The van der Waals surface area contributed by atoms with E-state index in [1.54, 1.807) is 4.68 Å². The van der Waals surface area contributed by atoms with Crippen LogP contribution in [-0.4, -0.2) is 14.9 Å². The average molecular weight is 311 g/mol. The van der Waals surface area contributed by atoms with Gasteiger partial charge in [-0.1, -0.05) is 45.0 Å². The largest absolute Gasteiger partial charge is 0.371 e. The summed E-state index contributed by atoms with van der Waals surface area (Å²) in [6.45, 7) is 10.3. The van der Waals surface area contributed by atoms with Gasteiger partial charge in [-0.3, -0.25) is 4.68 Å². The van der Waals surface area contributed by atoms with Gasteiger partial charge in [0.05, 0.1) is 5.69 Å². The van der Waals surface area contributed by atoms with Gasteiger partial charge in [0, 0.05) is 19.2 Å². The summed E-state index contributed by atoms with van der Waals surface area (Å²) in [5, 5.41) is 24.8. The minimum Gasteiger partial charge on any atom is -0.371 e. The summed E-state index contributed by atoms with van der Waals surface area (Å²) in [5.74, 6) is 0. The molecule has 1 atom stereocenters. The maximum atomic E-state index is 10.9. The van der Waals surface area contributed by atoms with Crippen LogP contribution in [0.2, 0.25) is 0 Å². The topological polar surface area (TPSA) is 61.8 Å². The van der Waals surface area contributed by atoms with Gasteiger partial charge in [0.15, 0.2) is 5.60 Å². The second kappa shape index (κ2) is 5.82. The van der Waals surface area contributed by atoms with E-state index < -0.39 is 5.60 Å². The molecule has 0 aliphatic heterocycles. The number of aromatic nitrogens is 2. The van der Waals surface area contributed by atoms with Crippen molar-refractivity contribution in [1.29, 1.82) is 5.26 Å². The molecule has 1 unspecified atom stereocenters. The number of hydrogen-bond donors (Lipinski definition) is 1. The zero-order chi connectivity index (χ0) is 17.4. The number of hydrogen-bond acceptors (Lipinski definition) is 3. The van der Waals surface area contributed by atoms with Crippen molar-refractivity contribution in [3.8, 4) is 6.07 Å². The maximum absolute atomic E-state index is 10.9. The van der Waals surface area contributed by atoms with E-state index in [9.17, 15) is 10.4 Å². The minimum atomic E-state index is -1.55. The van der Waals surface area contributed by atoms with Crippen LogP contribution in [0.15, 0.2) is 24.3 Å². The summed E-state index contributed by atoms with van der Waals surface area (Å²) in [5.41, 5.74) is 3.10. The molecule has 1 aromatic heterocycles. The van der Waals surface area contributed by atoms with E-state index >= 15 is 0 Å². The fourth-order valence-electron chi connectivity index (χ4n) is 2.75. The van der Waals surface area contributed by atoms with Crippen LogP contribution >= 0.6 is 0 Å². The highest BCUT2D eigenvalue weighted by Gasteiger charge is 2.32. The third-order valence-electron chi connectivity index (χ3n) is 4.50. The van der Waals surface area contributed by atoms with Gasteiger partial charge in [-0.05, 0) is 36.0 Å². The number of nitriles is 1. The first-order valence-corrected chi connectivity index (χ1v) is 7.82. The summed E-state index contributed by atoms with van der Waals surface area (Å²) in [4.78, 5) is 0. The Bertz CT molecular complexity index is 745. The molecule has 1 N–H and O–H groups in total. The van der Waals surface area contributed by atoms with Gasteiger partial charge in [0.1, 0.15) is 6.07 Å². The molecule has 0 bridgehead atoms. The van der Waals surface area contributed by atoms with E-state index in [2.05, 4.69) is 31.9 Å². The van der Waals surface area contributed by atoms with Gasteiger partial charge < -0.3 is 5.11 Å². The molecule has 122 valence electrons. The molecular weight excluding hydrogens is 286 g/mol. The lowest BCUT2D eigenvalue weighted by Gasteiger charge is -2.24. The third-order valence-corrected chi connectivity index (χ3v) is 4.50. The first kappa shape index (κ1) is 17.2. The molecule has 0 spiro atoms. The van der Waals surface area contributed by atoms with E-state index in [4.69, 9.17) is 0 Å². The zero-order valence-electron chi connectivity index (χ0n) is 14.8. The SMILES string of the molecule is Cc1nn(C)c(CC(O)(C#N)c2ccc(C(C)(C)C)cc2)c1C. The van der Waals surface area contributed by atoms with Crippen LogP contribution < -0.4 is 0 Å². The van der Waals surface area contributed by atoms with E-state index in [1.165, 1.54) is 5.56 Å². The summed E-state index contributed by atoms with van der Waals surface area (Å²) >= 11 is 0. The number of aryl methyl sites for hydroxylation is 2. The number of aliphatic hydroxyl groups is 1. The van der Waals surface area contributed by atoms with Crippen molar-refractivity contribution in [2.45, 2.75) is 52.1 Å². The highest BCUT2D eigenvalue weighted by molar-refractivity contribution is 5.37. The van der Waals surface area contributed by atoms with Gasteiger partial charge in [0.2, 0.25) is 0 Å². The lowest BCUT2D eigenvalue weighted by molar-refractivity contribution is 0.0957. The van der Waals surface area contributed by atoms with Crippen molar-refractivity contribution in [3.63, 3.8) is 0 Å². The van der Waals surface area contributed by atoms with E-state index in [1.807, 2.05) is 45.2 Å².